The number of methoxy groups -OCH3 is 1. The first-order chi connectivity index (χ1) is 17.7. The van der Waals surface area contributed by atoms with Crippen LogP contribution in [0, 0.1) is 0 Å². The molecule has 0 fully saturated rings. The van der Waals surface area contributed by atoms with Crippen LogP contribution < -0.4 is 15.0 Å². The molecule has 0 saturated heterocycles. The van der Waals surface area contributed by atoms with Gasteiger partial charge in [0.05, 0.1) is 34.3 Å². The largest absolute Gasteiger partial charge is 0.493 e. The molecule has 0 aliphatic heterocycles. The van der Waals surface area contributed by atoms with Crippen molar-refractivity contribution in [3.63, 3.8) is 0 Å². The lowest BCUT2D eigenvalue weighted by molar-refractivity contribution is 0.0696. The molecule has 0 aliphatic rings. The van der Waals surface area contributed by atoms with E-state index in [2.05, 4.69) is 41.9 Å². The maximum absolute atomic E-state index is 13.3. The van der Waals surface area contributed by atoms with Crippen molar-refractivity contribution in [2.24, 2.45) is 5.10 Å². The Labute approximate surface area is 229 Å². The lowest BCUT2D eigenvalue weighted by Gasteiger charge is -2.14. The molecule has 4 aromatic rings. The van der Waals surface area contributed by atoms with E-state index in [0.717, 1.165) is 4.47 Å². The zero-order chi connectivity index (χ0) is 26.7. The summed E-state index contributed by atoms with van der Waals surface area (Å²) in [5.74, 6) is 0.415. The number of aromatic nitrogens is 2. The van der Waals surface area contributed by atoms with E-state index in [-0.39, 0.29) is 23.6 Å². The summed E-state index contributed by atoms with van der Waals surface area (Å²) in [7, 11) is 1.52. The second-order valence-corrected chi connectivity index (χ2v) is 10.2. The maximum Gasteiger partial charge on any atom is 0.335 e. The monoisotopic (exact) mass is 627 g/mol. The quantitative estimate of drug-likeness (QED) is 0.233. The van der Waals surface area contributed by atoms with Crippen molar-refractivity contribution < 1.29 is 19.4 Å². The van der Waals surface area contributed by atoms with E-state index in [1.54, 1.807) is 48.7 Å². The van der Waals surface area contributed by atoms with Crippen LogP contribution in [0.5, 0.6) is 11.5 Å². The molecule has 1 N–H and O–H groups in total. The first kappa shape index (κ1) is 26.6. The first-order valence-corrected chi connectivity index (χ1v) is 12.9. The van der Waals surface area contributed by atoms with Crippen molar-refractivity contribution >= 4 is 54.9 Å². The highest BCUT2D eigenvalue weighted by Gasteiger charge is 2.15. The van der Waals surface area contributed by atoms with Crippen LogP contribution in [-0.4, -0.2) is 34.1 Å². The molecule has 0 amide bonds. The van der Waals surface area contributed by atoms with Crippen molar-refractivity contribution in [3.8, 4) is 11.5 Å². The van der Waals surface area contributed by atoms with Crippen LogP contribution in [0.15, 0.2) is 73.4 Å². The van der Waals surface area contributed by atoms with Crippen molar-refractivity contribution in [3.05, 3.63) is 96.4 Å². The zero-order valence-corrected chi connectivity index (χ0v) is 23.4. The molecule has 190 valence electrons. The number of carboxylic acids is 1. The molecule has 1 aromatic heterocycles. The minimum atomic E-state index is -1.00. The number of hydrogen-bond acceptors (Lipinski definition) is 6. The highest BCUT2D eigenvalue weighted by atomic mass is 79.9. The molecule has 3 aromatic carbocycles. The van der Waals surface area contributed by atoms with Crippen molar-refractivity contribution in [1.82, 2.24) is 9.66 Å². The predicted molar refractivity (Wildman–Crippen MR) is 149 cm³/mol. The van der Waals surface area contributed by atoms with Gasteiger partial charge in [-0.3, -0.25) is 4.79 Å². The predicted octanol–water partition coefficient (Wildman–Crippen LogP) is 6.21. The number of fused-ring (bicyclic) bond motifs is 1. The van der Waals surface area contributed by atoms with Crippen molar-refractivity contribution in [1.29, 1.82) is 0 Å². The first-order valence-electron chi connectivity index (χ1n) is 11.3. The van der Waals surface area contributed by atoms with Gasteiger partial charge in [-0.25, -0.2) is 9.78 Å². The van der Waals surface area contributed by atoms with Crippen LogP contribution in [0.1, 0.15) is 47.1 Å². The summed E-state index contributed by atoms with van der Waals surface area (Å²) < 4.78 is 14.2. The van der Waals surface area contributed by atoms with Gasteiger partial charge in [-0.2, -0.15) is 9.78 Å². The summed E-state index contributed by atoms with van der Waals surface area (Å²) in [5.41, 5.74) is 1.91. The van der Waals surface area contributed by atoms with Gasteiger partial charge in [-0.05, 0) is 69.5 Å². The van der Waals surface area contributed by atoms with Gasteiger partial charge in [-0.15, -0.1) is 0 Å². The van der Waals surface area contributed by atoms with Gasteiger partial charge in [0.25, 0.3) is 5.56 Å². The SMILES string of the molecule is COc1cc(C=Nn2c(C(C)C)nc3ccc(Br)cc3c2=O)cc(Br)c1OCc1cccc(C(=O)O)c1. The summed E-state index contributed by atoms with van der Waals surface area (Å²) in [6, 6.07) is 15.5. The van der Waals surface area contributed by atoms with E-state index >= 15 is 0 Å². The lowest BCUT2D eigenvalue weighted by atomic mass is 10.1. The molecule has 0 spiro atoms. The van der Waals surface area contributed by atoms with Crippen molar-refractivity contribution in [2.45, 2.75) is 26.4 Å². The molecular weight excluding hydrogens is 606 g/mol. The molecule has 1 heterocycles. The average Bonchev–Trinajstić information content (AvgIpc) is 2.87. The fraction of sp³-hybridized carbons (Fsp3) is 0.185. The molecule has 0 unspecified atom stereocenters. The Morgan fingerprint density at radius 1 is 1.16 bits per heavy atom. The second kappa shape index (κ2) is 11.3. The third-order valence-corrected chi connectivity index (χ3v) is 6.56. The van der Waals surface area contributed by atoms with Crippen LogP contribution in [0.25, 0.3) is 10.9 Å². The molecule has 0 radical (unpaired) electrons. The average molecular weight is 629 g/mol. The van der Waals surface area contributed by atoms with E-state index in [0.29, 0.717) is 43.8 Å². The summed E-state index contributed by atoms with van der Waals surface area (Å²) in [6.45, 7) is 4.06. The standard InChI is InChI=1S/C27H23Br2N3O5/c1-15(2)25-31-22-8-7-19(28)12-20(22)26(33)32(25)30-13-17-10-21(29)24(23(11-17)36-3)37-14-16-5-4-6-18(9-16)27(34)35/h4-13,15H,14H2,1-3H3,(H,34,35). The van der Waals surface area contributed by atoms with E-state index in [9.17, 15) is 14.7 Å². The van der Waals surface area contributed by atoms with E-state index in [4.69, 9.17) is 9.47 Å². The Kier molecular flexibility index (Phi) is 8.09. The van der Waals surface area contributed by atoms with E-state index in [1.807, 2.05) is 19.9 Å². The van der Waals surface area contributed by atoms with Crippen molar-refractivity contribution in [2.75, 3.05) is 7.11 Å². The smallest absolute Gasteiger partial charge is 0.335 e. The fourth-order valence-corrected chi connectivity index (χ4v) is 4.61. The lowest BCUT2D eigenvalue weighted by Crippen LogP contribution is -2.23. The normalized spacial score (nSPS) is 11.4. The second-order valence-electron chi connectivity index (χ2n) is 8.48. The number of ether oxygens (including phenoxy) is 2. The number of nitrogens with zero attached hydrogens (tertiary/aromatic N) is 3. The highest BCUT2D eigenvalue weighted by molar-refractivity contribution is 9.10. The van der Waals surface area contributed by atoms with E-state index in [1.165, 1.54) is 17.9 Å². The third-order valence-electron chi connectivity index (χ3n) is 5.48. The van der Waals surface area contributed by atoms with Crippen LogP contribution in [0.4, 0.5) is 0 Å². The maximum atomic E-state index is 13.3. The molecular formula is C27H23Br2N3O5. The molecule has 0 aliphatic carbocycles. The number of halogens is 2. The third kappa shape index (κ3) is 5.91. The molecule has 0 saturated carbocycles. The number of carboxylic acid groups (broad SMARTS) is 1. The minimum Gasteiger partial charge on any atom is -0.493 e. The number of rotatable bonds is 8. The molecule has 8 nitrogen and oxygen atoms in total. The number of aromatic carboxylic acids is 1. The fourth-order valence-electron chi connectivity index (χ4n) is 3.68. The number of carbonyl (C=O) groups is 1. The summed E-state index contributed by atoms with van der Waals surface area (Å²) >= 11 is 6.93. The highest BCUT2D eigenvalue weighted by Crippen LogP contribution is 2.37. The number of hydrogen-bond donors (Lipinski definition) is 1. The minimum absolute atomic E-state index is 0.0328. The van der Waals surface area contributed by atoms with Gasteiger partial charge in [0.1, 0.15) is 12.4 Å². The Balaban J connectivity index is 1.66. The molecule has 0 atom stereocenters. The Morgan fingerprint density at radius 3 is 2.65 bits per heavy atom. The van der Waals surface area contributed by atoms with Gasteiger partial charge < -0.3 is 14.6 Å². The Morgan fingerprint density at radius 2 is 1.95 bits per heavy atom. The molecule has 37 heavy (non-hydrogen) atoms. The van der Waals surface area contributed by atoms with Gasteiger partial charge in [-0.1, -0.05) is 41.9 Å². The van der Waals surface area contributed by atoms with Crippen LogP contribution in [-0.2, 0) is 6.61 Å². The van der Waals surface area contributed by atoms with Gasteiger partial charge in [0, 0.05) is 10.4 Å². The molecule has 4 rings (SSSR count). The molecule has 10 heteroatoms. The van der Waals surface area contributed by atoms with Crippen LogP contribution in [0.2, 0.25) is 0 Å². The van der Waals surface area contributed by atoms with Gasteiger partial charge in [0.2, 0.25) is 0 Å². The summed E-state index contributed by atoms with van der Waals surface area (Å²) in [5, 5.41) is 14.1. The van der Waals surface area contributed by atoms with Gasteiger partial charge >= 0.3 is 5.97 Å². The Bertz CT molecular complexity index is 1580. The Hall–Kier alpha value is -3.50. The molecule has 0 bridgehead atoms. The summed E-state index contributed by atoms with van der Waals surface area (Å²) in [4.78, 5) is 29.2. The van der Waals surface area contributed by atoms with Crippen LogP contribution >= 0.6 is 31.9 Å². The van der Waals surface area contributed by atoms with E-state index < -0.39 is 5.97 Å². The summed E-state index contributed by atoms with van der Waals surface area (Å²) in [6.07, 6.45) is 1.56. The van der Waals surface area contributed by atoms with Gasteiger partial charge in [0.15, 0.2) is 11.5 Å². The number of benzene rings is 3. The topological polar surface area (TPSA) is 103 Å². The zero-order valence-electron chi connectivity index (χ0n) is 20.2. The van der Waals surface area contributed by atoms with Crippen LogP contribution in [0.3, 0.4) is 0 Å².